The van der Waals surface area contributed by atoms with Crippen molar-refractivity contribution in [1.82, 2.24) is 0 Å². The van der Waals surface area contributed by atoms with E-state index in [0.29, 0.717) is 0 Å². The van der Waals surface area contributed by atoms with E-state index in [-0.39, 0.29) is 25.8 Å². The monoisotopic (exact) mass is 394 g/mol. The van der Waals surface area contributed by atoms with Gasteiger partial charge >= 0.3 is 0 Å². The minimum atomic E-state index is -0.914. The topological polar surface area (TPSA) is 55.1 Å². The van der Waals surface area contributed by atoms with Crippen molar-refractivity contribution < 1.29 is 13.6 Å². The fourth-order valence-electron chi connectivity index (χ4n) is 1.56. The molecule has 21 heavy (non-hydrogen) atoms. The molecular formula is C13H7BrCl2F2N2O. The van der Waals surface area contributed by atoms with Gasteiger partial charge in [-0.15, -0.1) is 0 Å². The van der Waals surface area contributed by atoms with Gasteiger partial charge in [-0.05, 0) is 24.3 Å². The number of carbonyl (C=O) groups excluding carboxylic acids is 1. The molecule has 0 aliphatic heterocycles. The number of hydrogen-bond acceptors (Lipinski definition) is 2. The quantitative estimate of drug-likeness (QED) is 0.712. The Bertz CT molecular complexity index is 694. The molecule has 0 spiro atoms. The molecule has 2 rings (SSSR count). The number of halogens is 5. The molecule has 3 N–H and O–H groups in total. The minimum Gasteiger partial charge on any atom is -0.396 e. The highest BCUT2D eigenvalue weighted by atomic mass is 79.9. The van der Waals surface area contributed by atoms with E-state index in [1.54, 1.807) is 0 Å². The number of hydrogen-bond donors (Lipinski definition) is 2. The lowest BCUT2D eigenvalue weighted by molar-refractivity contribution is 0.102. The molecule has 0 saturated heterocycles. The zero-order valence-electron chi connectivity index (χ0n) is 10.2. The third kappa shape index (κ3) is 3.45. The first kappa shape index (κ1) is 16.0. The molecule has 0 heterocycles. The number of nitrogens with one attached hydrogen (secondary N) is 1. The summed E-state index contributed by atoms with van der Waals surface area (Å²) in [4.78, 5) is 12.0. The van der Waals surface area contributed by atoms with Crippen LogP contribution >= 0.6 is 39.1 Å². The van der Waals surface area contributed by atoms with Crippen LogP contribution in [0.25, 0.3) is 0 Å². The van der Waals surface area contributed by atoms with Gasteiger partial charge in [-0.25, -0.2) is 8.78 Å². The molecule has 0 aromatic heterocycles. The van der Waals surface area contributed by atoms with E-state index in [4.69, 9.17) is 28.9 Å². The van der Waals surface area contributed by atoms with E-state index in [9.17, 15) is 13.6 Å². The number of benzene rings is 2. The molecule has 2 aromatic carbocycles. The van der Waals surface area contributed by atoms with Crippen LogP contribution in [0.3, 0.4) is 0 Å². The Hall–Kier alpha value is -1.37. The second kappa shape index (κ2) is 6.17. The van der Waals surface area contributed by atoms with E-state index in [0.717, 1.165) is 12.1 Å². The Morgan fingerprint density at radius 1 is 1.10 bits per heavy atom. The molecule has 8 heteroatoms. The molecule has 2 aromatic rings. The number of nitrogens with two attached hydrogens (primary N) is 1. The number of rotatable bonds is 2. The fourth-order valence-corrected chi connectivity index (χ4v) is 2.45. The third-order valence-electron chi connectivity index (χ3n) is 2.59. The molecule has 0 fully saturated rings. The van der Waals surface area contributed by atoms with Gasteiger partial charge < -0.3 is 11.1 Å². The first-order chi connectivity index (χ1) is 9.79. The Morgan fingerprint density at radius 2 is 1.57 bits per heavy atom. The summed E-state index contributed by atoms with van der Waals surface area (Å²) in [5.74, 6) is -2.59. The Kier molecular flexibility index (Phi) is 4.70. The molecular weight excluding hydrogens is 389 g/mol. The summed E-state index contributed by atoms with van der Waals surface area (Å²) in [6, 6.07) is 4.57. The molecule has 110 valence electrons. The molecule has 0 aliphatic rings. The van der Waals surface area contributed by atoms with Crippen molar-refractivity contribution in [3.63, 3.8) is 0 Å². The lowest BCUT2D eigenvalue weighted by Gasteiger charge is -2.10. The summed E-state index contributed by atoms with van der Waals surface area (Å²) in [5, 5.41) is 2.28. The average molecular weight is 396 g/mol. The molecule has 3 nitrogen and oxygen atoms in total. The average Bonchev–Trinajstić information content (AvgIpc) is 2.39. The zero-order valence-corrected chi connectivity index (χ0v) is 13.3. The van der Waals surface area contributed by atoms with Gasteiger partial charge in [0.1, 0.15) is 5.69 Å². The summed E-state index contributed by atoms with van der Waals surface area (Å²) < 4.78 is 27.5. The minimum absolute atomic E-state index is 0.0286. The van der Waals surface area contributed by atoms with Crippen molar-refractivity contribution in [3.8, 4) is 0 Å². The van der Waals surface area contributed by atoms with E-state index in [2.05, 4.69) is 21.2 Å². The first-order valence-electron chi connectivity index (χ1n) is 5.50. The van der Waals surface area contributed by atoms with Crippen LogP contribution in [0.4, 0.5) is 20.2 Å². The first-order valence-corrected chi connectivity index (χ1v) is 7.05. The third-order valence-corrected chi connectivity index (χ3v) is 3.67. The van der Waals surface area contributed by atoms with Crippen molar-refractivity contribution in [1.29, 1.82) is 0 Å². The summed E-state index contributed by atoms with van der Waals surface area (Å²) in [6.07, 6.45) is 0. The summed E-state index contributed by atoms with van der Waals surface area (Å²) >= 11 is 14.6. The predicted octanol–water partition coefficient (Wildman–Crippen LogP) is 4.87. The van der Waals surface area contributed by atoms with Gasteiger partial charge in [0.2, 0.25) is 0 Å². The van der Waals surface area contributed by atoms with Gasteiger partial charge in [-0.3, -0.25) is 4.79 Å². The van der Waals surface area contributed by atoms with Crippen LogP contribution in [0.5, 0.6) is 0 Å². The van der Waals surface area contributed by atoms with Crippen molar-refractivity contribution in [2.45, 2.75) is 0 Å². The van der Waals surface area contributed by atoms with Crippen LogP contribution in [-0.2, 0) is 0 Å². The van der Waals surface area contributed by atoms with Crippen molar-refractivity contribution in [2.75, 3.05) is 11.1 Å². The molecule has 1 amide bonds. The van der Waals surface area contributed by atoms with Gasteiger partial charge in [-0.1, -0.05) is 39.1 Å². The number of carbonyl (C=O) groups is 1. The van der Waals surface area contributed by atoms with Gasteiger partial charge in [0.15, 0.2) is 11.6 Å². The highest BCUT2D eigenvalue weighted by Gasteiger charge is 2.16. The normalized spacial score (nSPS) is 10.5. The second-order valence-electron chi connectivity index (χ2n) is 4.05. The standard InChI is InChI=1S/C13H7BrCl2F2N2O/c14-6-3-9(17)12(10(18)4-6)20-13(21)5-1-7(15)11(19)8(16)2-5/h1-4H,19H2,(H,20,21). The lowest BCUT2D eigenvalue weighted by atomic mass is 10.2. The highest BCUT2D eigenvalue weighted by Crippen LogP contribution is 2.30. The molecule has 0 aliphatic carbocycles. The summed E-state index contributed by atoms with van der Waals surface area (Å²) in [6.45, 7) is 0. The van der Waals surface area contributed by atoms with E-state index in [1.807, 2.05) is 0 Å². The maximum atomic E-state index is 13.7. The largest absolute Gasteiger partial charge is 0.396 e. The molecule has 0 atom stereocenters. The van der Waals surface area contributed by atoms with Gasteiger partial charge in [0.05, 0.1) is 15.7 Å². The van der Waals surface area contributed by atoms with Crippen molar-refractivity contribution in [2.24, 2.45) is 0 Å². The number of anilines is 2. The number of amides is 1. The van der Waals surface area contributed by atoms with E-state index >= 15 is 0 Å². The van der Waals surface area contributed by atoms with E-state index < -0.39 is 23.2 Å². The van der Waals surface area contributed by atoms with Crippen LogP contribution in [-0.4, -0.2) is 5.91 Å². The maximum absolute atomic E-state index is 13.7. The predicted molar refractivity (Wildman–Crippen MR) is 82.9 cm³/mol. The highest BCUT2D eigenvalue weighted by molar-refractivity contribution is 9.10. The van der Waals surface area contributed by atoms with Crippen molar-refractivity contribution in [3.05, 3.63) is 56.0 Å². The van der Waals surface area contributed by atoms with Gasteiger partial charge in [-0.2, -0.15) is 0 Å². The van der Waals surface area contributed by atoms with Crippen molar-refractivity contribution >= 4 is 56.4 Å². The summed E-state index contributed by atoms with van der Waals surface area (Å²) in [7, 11) is 0. The van der Waals surface area contributed by atoms with Crippen LogP contribution in [0, 0.1) is 11.6 Å². The van der Waals surface area contributed by atoms with Gasteiger partial charge in [0.25, 0.3) is 5.91 Å². The Labute approximate surface area is 137 Å². The number of nitrogen functional groups attached to an aromatic ring is 1. The van der Waals surface area contributed by atoms with Crippen LogP contribution in [0.1, 0.15) is 10.4 Å². The maximum Gasteiger partial charge on any atom is 0.255 e. The summed E-state index contributed by atoms with van der Waals surface area (Å²) in [5.41, 5.74) is 5.13. The molecule has 0 radical (unpaired) electrons. The fraction of sp³-hybridized carbons (Fsp3) is 0. The van der Waals surface area contributed by atoms with Crippen LogP contribution in [0.2, 0.25) is 10.0 Å². The second-order valence-corrected chi connectivity index (χ2v) is 5.78. The lowest BCUT2D eigenvalue weighted by Crippen LogP contribution is -2.14. The molecule has 0 bridgehead atoms. The SMILES string of the molecule is Nc1c(Cl)cc(C(=O)Nc2c(F)cc(Br)cc2F)cc1Cl. The molecule has 0 unspecified atom stereocenters. The van der Waals surface area contributed by atoms with E-state index in [1.165, 1.54) is 12.1 Å². The van der Waals surface area contributed by atoms with Gasteiger partial charge in [0, 0.05) is 10.0 Å². The van der Waals surface area contributed by atoms with Crippen LogP contribution < -0.4 is 11.1 Å². The Balaban J connectivity index is 2.35. The Morgan fingerprint density at radius 3 is 2.05 bits per heavy atom. The molecule has 0 saturated carbocycles. The zero-order chi connectivity index (χ0) is 15.7. The smallest absolute Gasteiger partial charge is 0.255 e. The van der Waals surface area contributed by atoms with Crippen LogP contribution in [0.15, 0.2) is 28.7 Å².